The highest BCUT2D eigenvalue weighted by molar-refractivity contribution is 9.10. The number of nitrogens with zero attached hydrogens (tertiary/aromatic N) is 1. The SMILES string of the molecule is CN1CCCC(CNC2CC2)C1c1ccc(F)cc1Br. The lowest BCUT2D eigenvalue weighted by Gasteiger charge is -2.40. The molecule has 1 aliphatic carbocycles. The van der Waals surface area contributed by atoms with Crippen LogP contribution in [-0.4, -0.2) is 31.1 Å². The zero-order valence-electron chi connectivity index (χ0n) is 11.9. The molecule has 20 heavy (non-hydrogen) atoms. The summed E-state index contributed by atoms with van der Waals surface area (Å²) in [7, 11) is 2.18. The van der Waals surface area contributed by atoms with Crippen molar-refractivity contribution in [1.29, 1.82) is 0 Å². The van der Waals surface area contributed by atoms with Gasteiger partial charge in [0.2, 0.25) is 0 Å². The fourth-order valence-corrected chi connectivity index (χ4v) is 3.90. The van der Waals surface area contributed by atoms with Gasteiger partial charge in [0.15, 0.2) is 0 Å². The summed E-state index contributed by atoms with van der Waals surface area (Å²) in [4.78, 5) is 2.42. The van der Waals surface area contributed by atoms with E-state index in [2.05, 4.69) is 33.2 Å². The summed E-state index contributed by atoms with van der Waals surface area (Å²) in [5.41, 5.74) is 1.22. The van der Waals surface area contributed by atoms with Crippen molar-refractivity contribution in [3.63, 3.8) is 0 Å². The Hall–Kier alpha value is -0.450. The van der Waals surface area contributed by atoms with Crippen LogP contribution in [0.1, 0.15) is 37.3 Å². The molecule has 1 aliphatic heterocycles. The summed E-state index contributed by atoms with van der Waals surface area (Å²) in [5, 5.41) is 3.66. The zero-order chi connectivity index (χ0) is 14.1. The number of halogens is 2. The third-order valence-corrected chi connectivity index (χ3v) is 5.22. The van der Waals surface area contributed by atoms with Crippen LogP contribution in [0, 0.1) is 11.7 Å². The summed E-state index contributed by atoms with van der Waals surface area (Å²) in [6.45, 7) is 2.19. The lowest BCUT2D eigenvalue weighted by molar-refractivity contribution is 0.118. The molecular weight excluding hydrogens is 319 g/mol. The smallest absolute Gasteiger partial charge is 0.124 e. The second-order valence-electron chi connectivity index (χ2n) is 6.18. The van der Waals surface area contributed by atoms with E-state index < -0.39 is 0 Å². The van der Waals surface area contributed by atoms with Crippen molar-refractivity contribution in [3.8, 4) is 0 Å². The lowest BCUT2D eigenvalue weighted by Crippen LogP contribution is -2.41. The molecule has 2 aliphatic rings. The maximum atomic E-state index is 13.3. The van der Waals surface area contributed by atoms with E-state index in [4.69, 9.17) is 0 Å². The summed E-state index contributed by atoms with van der Waals surface area (Å²) < 4.78 is 14.2. The van der Waals surface area contributed by atoms with E-state index in [0.717, 1.165) is 23.6 Å². The summed E-state index contributed by atoms with van der Waals surface area (Å²) in [5.74, 6) is 0.433. The van der Waals surface area contributed by atoms with Crippen molar-refractivity contribution < 1.29 is 4.39 Å². The first kappa shape index (κ1) is 14.5. The molecule has 3 rings (SSSR count). The van der Waals surface area contributed by atoms with Gasteiger partial charge in [0.25, 0.3) is 0 Å². The van der Waals surface area contributed by atoms with Gasteiger partial charge >= 0.3 is 0 Å². The van der Waals surface area contributed by atoms with Crippen molar-refractivity contribution in [1.82, 2.24) is 10.2 Å². The molecule has 2 nitrogen and oxygen atoms in total. The Bertz CT molecular complexity index is 476. The Morgan fingerprint density at radius 3 is 2.85 bits per heavy atom. The Balaban J connectivity index is 1.80. The molecule has 0 amide bonds. The van der Waals surface area contributed by atoms with Crippen LogP contribution >= 0.6 is 15.9 Å². The molecule has 110 valence electrons. The summed E-state index contributed by atoms with van der Waals surface area (Å²) in [6, 6.07) is 6.23. The van der Waals surface area contributed by atoms with Gasteiger partial charge < -0.3 is 5.32 Å². The molecule has 2 unspecified atom stereocenters. The van der Waals surface area contributed by atoms with Crippen LogP contribution in [-0.2, 0) is 0 Å². The van der Waals surface area contributed by atoms with Crippen molar-refractivity contribution in [2.75, 3.05) is 20.1 Å². The maximum Gasteiger partial charge on any atom is 0.124 e. The van der Waals surface area contributed by atoms with Crippen LogP contribution in [0.2, 0.25) is 0 Å². The largest absolute Gasteiger partial charge is 0.314 e. The first-order valence-corrected chi connectivity index (χ1v) is 8.33. The minimum absolute atomic E-state index is 0.174. The van der Waals surface area contributed by atoms with Gasteiger partial charge in [-0.25, -0.2) is 4.39 Å². The second kappa shape index (κ2) is 6.12. The predicted octanol–water partition coefficient (Wildman–Crippen LogP) is 3.72. The van der Waals surface area contributed by atoms with Crippen LogP contribution in [0.3, 0.4) is 0 Å². The first-order chi connectivity index (χ1) is 9.65. The molecule has 2 fully saturated rings. The Kier molecular flexibility index (Phi) is 4.43. The number of piperidine rings is 1. The van der Waals surface area contributed by atoms with E-state index in [1.54, 1.807) is 12.1 Å². The highest BCUT2D eigenvalue weighted by atomic mass is 79.9. The molecule has 1 saturated carbocycles. The van der Waals surface area contributed by atoms with E-state index in [1.807, 2.05) is 6.07 Å². The second-order valence-corrected chi connectivity index (χ2v) is 7.03. The molecule has 1 heterocycles. The first-order valence-electron chi connectivity index (χ1n) is 7.53. The molecule has 1 aromatic rings. The third-order valence-electron chi connectivity index (χ3n) is 4.53. The van der Waals surface area contributed by atoms with E-state index in [1.165, 1.54) is 31.2 Å². The topological polar surface area (TPSA) is 15.3 Å². The van der Waals surface area contributed by atoms with Crippen LogP contribution < -0.4 is 5.32 Å². The molecule has 0 bridgehead atoms. The Labute approximate surface area is 128 Å². The van der Waals surface area contributed by atoms with E-state index >= 15 is 0 Å². The average Bonchev–Trinajstić information content (AvgIpc) is 3.22. The zero-order valence-corrected chi connectivity index (χ0v) is 13.5. The molecule has 0 radical (unpaired) electrons. The number of benzene rings is 1. The van der Waals surface area contributed by atoms with Gasteiger partial charge in [0.05, 0.1) is 0 Å². The minimum Gasteiger partial charge on any atom is -0.314 e. The van der Waals surface area contributed by atoms with Gasteiger partial charge in [0.1, 0.15) is 5.82 Å². The molecule has 0 spiro atoms. The summed E-state index contributed by atoms with van der Waals surface area (Å²) in [6.07, 6.45) is 5.16. The van der Waals surface area contributed by atoms with Crippen LogP contribution in [0.15, 0.2) is 22.7 Å². The van der Waals surface area contributed by atoms with E-state index in [0.29, 0.717) is 12.0 Å². The molecule has 1 saturated heterocycles. The molecular formula is C16H22BrFN2. The highest BCUT2D eigenvalue weighted by Crippen LogP contribution is 2.38. The van der Waals surface area contributed by atoms with Gasteiger partial charge in [-0.05, 0) is 62.9 Å². The molecule has 4 heteroatoms. The normalized spacial score (nSPS) is 27.8. The number of rotatable bonds is 4. The molecule has 2 atom stereocenters. The van der Waals surface area contributed by atoms with Gasteiger partial charge in [-0.1, -0.05) is 22.0 Å². The minimum atomic E-state index is -0.174. The van der Waals surface area contributed by atoms with Gasteiger partial charge in [0, 0.05) is 23.1 Å². The molecule has 1 N–H and O–H groups in total. The van der Waals surface area contributed by atoms with Gasteiger partial charge in [-0.3, -0.25) is 4.90 Å². The lowest BCUT2D eigenvalue weighted by atomic mass is 9.85. The third kappa shape index (κ3) is 3.23. The summed E-state index contributed by atoms with van der Waals surface area (Å²) >= 11 is 3.54. The Morgan fingerprint density at radius 1 is 1.35 bits per heavy atom. The highest BCUT2D eigenvalue weighted by Gasteiger charge is 2.33. The molecule has 0 aromatic heterocycles. The van der Waals surface area contributed by atoms with Crippen LogP contribution in [0.5, 0.6) is 0 Å². The number of hydrogen-bond acceptors (Lipinski definition) is 2. The standard InChI is InChI=1S/C16H22BrFN2/c1-20-8-2-3-11(10-19-13-5-6-13)16(20)14-7-4-12(18)9-15(14)17/h4,7,9,11,13,16,19H,2-3,5-6,8,10H2,1H3. The van der Waals surface area contributed by atoms with E-state index in [-0.39, 0.29) is 5.82 Å². The average molecular weight is 341 g/mol. The van der Waals surface area contributed by atoms with Crippen LogP contribution in [0.4, 0.5) is 4.39 Å². The number of likely N-dealkylation sites (tertiary alicyclic amines) is 1. The Morgan fingerprint density at radius 2 is 2.15 bits per heavy atom. The fraction of sp³-hybridized carbons (Fsp3) is 0.625. The van der Waals surface area contributed by atoms with E-state index in [9.17, 15) is 4.39 Å². The quantitative estimate of drug-likeness (QED) is 0.898. The van der Waals surface area contributed by atoms with Crippen molar-refractivity contribution in [2.45, 2.75) is 37.8 Å². The van der Waals surface area contributed by atoms with Crippen LogP contribution in [0.25, 0.3) is 0 Å². The number of nitrogens with one attached hydrogen (secondary N) is 1. The fourth-order valence-electron chi connectivity index (χ4n) is 3.31. The predicted molar refractivity (Wildman–Crippen MR) is 83.2 cm³/mol. The van der Waals surface area contributed by atoms with Crippen molar-refractivity contribution in [2.24, 2.45) is 5.92 Å². The molecule has 1 aromatic carbocycles. The number of hydrogen-bond donors (Lipinski definition) is 1. The maximum absolute atomic E-state index is 13.3. The van der Waals surface area contributed by atoms with Crippen molar-refractivity contribution in [3.05, 3.63) is 34.1 Å². The van der Waals surface area contributed by atoms with Gasteiger partial charge in [-0.2, -0.15) is 0 Å². The van der Waals surface area contributed by atoms with Crippen molar-refractivity contribution >= 4 is 15.9 Å². The monoisotopic (exact) mass is 340 g/mol. The van der Waals surface area contributed by atoms with Gasteiger partial charge in [-0.15, -0.1) is 0 Å².